The molecule has 4 rings (SSSR count). The molecular weight excluding hydrogens is 354 g/mol. The van der Waals surface area contributed by atoms with Gasteiger partial charge in [0, 0.05) is 16.5 Å². The minimum absolute atomic E-state index is 0.0387. The van der Waals surface area contributed by atoms with Crippen molar-refractivity contribution in [2.24, 2.45) is 0 Å². The molecule has 3 aromatic rings. The SMILES string of the molecule is Cc1nn(Cc2ccccc2Cl)c2sc(C(=O)NC3CCCC3)cc12. The third-order valence-corrected chi connectivity index (χ3v) is 6.32. The van der Waals surface area contributed by atoms with Crippen LogP contribution in [0.5, 0.6) is 0 Å². The smallest absolute Gasteiger partial charge is 0.261 e. The quantitative estimate of drug-likeness (QED) is 0.715. The number of fused-ring (bicyclic) bond motifs is 1. The number of aryl methyl sites for hydroxylation is 1. The van der Waals surface area contributed by atoms with E-state index in [9.17, 15) is 4.79 Å². The number of amides is 1. The second-order valence-corrected chi connectivity index (χ2v) is 8.06. The van der Waals surface area contributed by atoms with Crippen LogP contribution in [0.4, 0.5) is 0 Å². The first-order valence-electron chi connectivity index (χ1n) is 8.63. The summed E-state index contributed by atoms with van der Waals surface area (Å²) < 4.78 is 1.95. The van der Waals surface area contributed by atoms with Gasteiger partial charge in [-0.25, -0.2) is 0 Å². The molecule has 1 aromatic carbocycles. The molecule has 130 valence electrons. The van der Waals surface area contributed by atoms with Crippen molar-refractivity contribution in [1.29, 1.82) is 0 Å². The summed E-state index contributed by atoms with van der Waals surface area (Å²) in [6, 6.07) is 10.1. The lowest BCUT2D eigenvalue weighted by atomic mass is 10.2. The average Bonchev–Trinajstić information content (AvgIpc) is 3.29. The lowest BCUT2D eigenvalue weighted by Gasteiger charge is -2.10. The maximum atomic E-state index is 12.6. The number of hydrogen-bond acceptors (Lipinski definition) is 3. The lowest BCUT2D eigenvalue weighted by molar-refractivity contribution is 0.0942. The first-order valence-corrected chi connectivity index (χ1v) is 9.82. The number of rotatable bonds is 4. The van der Waals surface area contributed by atoms with Crippen LogP contribution in [0.25, 0.3) is 10.2 Å². The molecule has 0 saturated heterocycles. The number of hydrogen-bond donors (Lipinski definition) is 1. The lowest BCUT2D eigenvalue weighted by Crippen LogP contribution is -2.31. The number of halogens is 1. The first kappa shape index (κ1) is 16.6. The van der Waals surface area contributed by atoms with Gasteiger partial charge in [-0.15, -0.1) is 11.3 Å². The fourth-order valence-electron chi connectivity index (χ4n) is 3.45. The van der Waals surface area contributed by atoms with Crippen molar-refractivity contribution >= 4 is 39.1 Å². The first-order chi connectivity index (χ1) is 12.1. The van der Waals surface area contributed by atoms with E-state index in [4.69, 9.17) is 11.6 Å². The van der Waals surface area contributed by atoms with Gasteiger partial charge in [0.2, 0.25) is 0 Å². The Balaban J connectivity index is 1.62. The molecule has 0 radical (unpaired) electrons. The van der Waals surface area contributed by atoms with E-state index in [1.807, 2.05) is 41.9 Å². The van der Waals surface area contributed by atoms with Gasteiger partial charge in [0.15, 0.2) is 0 Å². The van der Waals surface area contributed by atoms with Gasteiger partial charge >= 0.3 is 0 Å². The van der Waals surface area contributed by atoms with Gasteiger partial charge in [-0.2, -0.15) is 5.10 Å². The molecule has 0 aliphatic heterocycles. The van der Waals surface area contributed by atoms with Gasteiger partial charge in [-0.05, 0) is 37.5 Å². The molecule has 6 heteroatoms. The minimum atomic E-state index is 0.0387. The van der Waals surface area contributed by atoms with E-state index in [1.165, 1.54) is 24.2 Å². The highest BCUT2D eigenvalue weighted by Gasteiger charge is 2.21. The van der Waals surface area contributed by atoms with Crippen LogP contribution < -0.4 is 5.32 Å². The highest BCUT2D eigenvalue weighted by molar-refractivity contribution is 7.20. The summed E-state index contributed by atoms with van der Waals surface area (Å²) in [5, 5.41) is 9.58. The van der Waals surface area contributed by atoms with Crippen LogP contribution in [0.15, 0.2) is 30.3 Å². The van der Waals surface area contributed by atoms with E-state index in [-0.39, 0.29) is 5.91 Å². The van der Waals surface area contributed by atoms with Crippen LogP contribution in [0.1, 0.15) is 46.6 Å². The molecule has 1 fully saturated rings. The third kappa shape index (κ3) is 3.31. The average molecular weight is 374 g/mol. The number of carbonyl (C=O) groups excluding carboxylic acids is 1. The van der Waals surface area contributed by atoms with Gasteiger partial charge in [-0.3, -0.25) is 9.48 Å². The van der Waals surface area contributed by atoms with Crippen LogP contribution in [-0.2, 0) is 6.54 Å². The number of carbonyl (C=O) groups is 1. The maximum Gasteiger partial charge on any atom is 0.261 e. The molecule has 2 aromatic heterocycles. The molecule has 0 spiro atoms. The van der Waals surface area contributed by atoms with E-state index >= 15 is 0 Å². The summed E-state index contributed by atoms with van der Waals surface area (Å²) in [6.07, 6.45) is 4.61. The number of nitrogens with one attached hydrogen (secondary N) is 1. The van der Waals surface area contributed by atoms with Gasteiger partial charge < -0.3 is 5.32 Å². The Labute approximate surface area is 155 Å². The van der Waals surface area contributed by atoms with E-state index in [2.05, 4.69) is 10.4 Å². The third-order valence-electron chi connectivity index (χ3n) is 4.80. The molecule has 25 heavy (non-hydrogen) atoms. The van der Waals surface area contributed by atoms with Gasteiger partial charge in [-0.1, -0.05) is 42.6 Å². The van der Waals surface area contributed by atoms with Gasteiger partial charge in [0.25, 0.3) is 5.91 Å². The highest BCUT2D eigenvalue weighted by atomic mass is 35.5. The second-order valence-electron chi connectivity index (χ2n) is 6.62. The fourth-order valence-corrected chi connectivity index (χ4v) is 4.71. The molecule has 1 N–H and O–H groups in total. The highest BCUT2D eigenvalue weighted by Crippen LogP contribution is 2.30. The Kier molecular flexibility index (Phi) is 4.52. The monoisotopic (exact) mass is 373 g/mol. The normalized spacial score (nSPS) is 15.1. The summed E-state index contributed by atoms with van der Waals surface area (Å²) >= 11 is 7.79. The Morgan fingerprint density at radius 3 is 2.88 bits per heavy atom. The van der Waals surface area contributed by atoms with Crippen molar-refractivity contribution in [3.8, 4) is 0 Å². The molecule has 1 saturated carbocycles. The van der Waals surface area contributed by atoms with E-state index in [0.717, 1.165) is 44.2 Å². The Hall–Kier alpha value is -1.85. The molecule has 0 bridgehead atoms. The zero-order valence-corrected chi connectivity index (χ0v) is 15.7. The predicted molar refractivity (Wildman–Crippen MR) is 103 cm³/mol. The molecule has 1 aliphatic rings. The Bertz CT molecular complexity index is 924. The molecule has 1 aliphatic carbocycles. The Morgan fingerprint density at radius 1 is 1.36 bits per heavy atom. The molecule has 4 nitrogen and oxygen atoms in total. The van der Waals surface area contributed by atoms with E-state index < -0.39 is 0 Å². The number of benzene rings is 1. The van der Waals surface area contributed by atoms with Gasteiger partial charge in [0.1, 0.15) is 4.83 Å². The van der Waals surface area contributed by atoms with Crippen molar-refractivity contribution in [3.63, 3.8) is 0 Å². The topological polar surface area (TPSA) is 46.9 Å². The summed E-state index contributed by atoms with van der Waals surface area (Å²) in [5.41, 5.74) is 1.97. The standard InChI is InChI=1S/C19H20ClN3OS/c1-12-15-10-17(18(24)21-14-7-3-4-8-14)25-19(15)23(22-12)11-13-6-2-5-9-16(13)20/h2,5-6,9-10,14H,3-4,7-8,11H2,1H3,(H,21,24). The minimum Gasteiger partial charge on any atom is -0.349 e. The molecule has 2 heterocycles. The largest absolute Gasteiger partial charge is 0.349 e. The van der Waals surface area contributed by atoms with Crippen molar-refractivity contribution in [1.82, 2.24) is 15.1 Å². The number of aromatic nitrogens is 2. The zero-order valence-electron chi connectivity index (χ0n) is 14.1. The predicted octanol–water partition coefficient (Wildman–Crippen LogP) is 4.78. The maximum absolute atomic E-state index is 12.6. The van der Waals surface area contributed by atoms with E-state index in [0.29, 0.717) is 12.6 Å². The summed E-state index contributed by atoms with van der Waals surface area (Å²) in [6.45, 7) is 2.59. The summed E-state index contributed by atoms with van der Waals surface area (Å²) in [7, 11) is 0. The zero-order chi connectivity index (χ0) is 17.4. The number of nitrogens with zero attached hydrogens (tertiary/aromatic N) is 2. The van der Waals surface area contributed by atoms with Crippen LogP contribution in [0.2, 0.25) is 5.02 Å². The number of thiophene rings is 1. The van der Waals surface area contributed by atoms with Crippen molar-refractivity contribution in [2.75, 3.05) is 0 Å². The molecule has 1 amide bonds. The molecule has 0 atom stereocenters. The molecular formula is C19H20ClN3OS. The molecule has 0 unspecified atom stereocenters. The fraction of sp³-hybridized carbons (Fsp3) is 0.368. The van der Waals surface area contributed by atoms with Crippen molar-refractivity contribution in [2.45, 2.75) is 45.2 Å². The van der Waals surface area contributed by atoms with Crippen molar-refractivity contribution in [3.05, 3.63) is 51.5 Å². The van der Waals surface area contributed by atoms with E-state index in [1.54, 1.807) is 0 Å². The van der Waals surface area contributed by atoms with Crippen LogP contribution in [-0.4, -0.2) is 21.7 Å². The second kappa shape index (κ2) is 6.81. The van der Waals surface area contributed by atoms with Crippen LogP contribution in [0, 0.1) is 6.92 Å². The van der Waals surface area contributed by atoms with Crippen LogP contribution in [0.3, 0.4) is 0 Å². The van der Waals surface area contributed by atoms with Crippen molar-refractivity contribution < 1.29 is 4.79 Å². The summed E-state index contributed by atoms with van der Waals surface area (Å²) in [4.78, 5) is 14.3. The van der Waals surface area contributed by atoms with Gasteiger partial charge in [0.05, 0.1) is 17.1 Å². The summed E-state index contributed by atoms with van der Waals surface area (Å²) in [5.74, 6) is 0.0387. The Morgan fingerprint density at radius 2 is 2.12 bits per heavy atom. The van der Waals surface area contributed by atoms with Crippen LogP contribution >= 0.6 is 22.9 Å².